The number of amides is 2. The molecule has 0 radical (unpaired) electrons. The molecule has 0 saturated carbocycles. The zero-order valence-electron chi connectivity index (χ0n) is 21.1. The summed E-state index contributed by atoms with van der Waals surface area (Å²) in [5.74, 6) is -0.542. The molecule has 7 heteroatoms. The quantitative estimate of drug-likeness (QED) is 0.396. The number of nitrogens with one attached hydrogen (secondary N) is 2. The highest BCUT2D eigenvalue weighted by atomic mass is 32.1. The number of methoxy groups -OCH3 is 1. The number of carbonyl (C=O) groups excluding carboxylic acids is 3. The van der Waals surface area contributed by atoms with E-state index < -0.39 is 5.97 Å². The van der Waals surface area contributed by atoms with Crippen molar-refractivity contribution in [2.45, 2.75) is 46.5 Å². The highest BCUT2D eigenvalue weighted by Gasteiger charge is 2.34. The third kappa shape index (κ3) is 5.68. The second-order valence-electron chi connectivity index (χ2n) is 10.2. The Balaban J connectivity index is 1.66. The molecule has 6 nitrogen and oxygen atoms in total. The van der Waals surface area contributed by atoms with E-state index in [2.05, 4.69) is 31.4 Å². The molecular formula is C29H32N2O4S. The number of hydrogen-bond donors (Lipinski definition) is 2. The van der Waals surface area contributed by atoms with E-state index in [1.807, 2.05) is 30.3 Å². The van der Waals surface area contributed by atoms with Crippen LogP contribution in [0.2, 0.25) is 0 Å². The normalized spacial score (nSPS) is 15.1. The smallest absolute Gasteiger partial charge is 0.339 e. The maximum absolute atomic E-state index is 13.6. The largest absolute Gasteiger partial charge is 0.465 e. The van der Waals surface area contributed by atoms with E-state index in [1.54, 1.807) is 24.3 Å². The molecule has 1 aromatic heterocycles. The Hall–Kier alpha value is -3.45. The summed E-state index contributed by atoms with van der Waals surface area (Å²) in [6, 6.07) is 16.3. The van der Waals surface area contributed by atoms with Gasteiger partial charge >= 0.3 is 5.97 Å². The fourth-order valence-electron chi connectivity index (χ4n) is 4.67. The van der Waals surface area contributed by atoms with Crippen LogP contribution in [0.15, 0.2) is 54.6 Å². The van der Waals surface area contributed by atoms with Gasteiger partial charge in [-0.3, -0.25) is 9.59 Å². The number of benzene rings is 2. The van der Waals surface area contributed by atoms with Gasteiger partial charge in [0, 0.05) is 4.88 Å². The molecule has 36 heavy (non-hydrogen) atoms. The van der Waals surface area contributed by atoms with Crippen LogP contribution < -0.4 is 10.6 Å². The van der Waals surface area contributed by atoms with Crippen LogP contribution in [0.3, 0.4) is 0 Å². The summed E-state index contributed by atoms with van der Waals surface area (Å²) in [7, 11) is 1.31. The summed E-state index contributed by atoms with van der Waals surface area (Å²) in [6.45, 7) is 6.74. The SMILES string of the molecule is COC(=O)c1ccccc1NC(=O)c1c(NC(=O)Cc2ccccc2)sc2c1CCC(C(C)(C)C)C2. The van der Waals surface area contributed by atoms with Crippen LogP contribution in [-0.4, -0.2) is 24.9 Å². The number of hydrogen-bond acceptors (Lipinski definition) is 5. The van der Waals surface area contributed by atoms with Gasteiger partial charge in [0.15, 0.2) is 0 Å². The summed E-state index contributed by atoms with van der Waals surface area (Å²) in [5.41, 5.74) is 3.19. The van der Waals surface area contributed by atoms with Crippen molar-refractivity contribution >= 4 is 39.8 Å². The van der Waals surface area contributed by atoms with Gasteiger partial charge in [-0.05, 0) is 53.9 Å². The number of para-hydroxylation sites is 1. The average Bonchev–Trinajstić information content (AvgIpc) is 3.20. The van der Waals surface area contributed by atoms with E-state index in [-0.39, 0.29) is 29.2 Å². The summed E-state index contributed by atoms with van der Waals surface area (Å²) in [5, 5.41) is 6.47. The van der Waals surface area contributed by atoms with Crippen molar-refractivity contribution in [1.82, 2.24) is 0 Å². The van der Waals surface area contributed by atoms with Gasteiger partial charge in [0.25, 0.3) is 5.91 Å². The molecule has 2 N–H and O–H groups in total. The van der Waals surface area contributed by atoms with Crippen molar-refractivity contribution in [2.75, 3.05) is 17.7 Å². The third-order valence-electron chi connectivity index (χ3n) is 6.76. The number of carbonyl (C=O) groups is 3. The molecule has 0 bridgehead atoms. The topological polar surface area (TPSA) is 84.5 Å². The first-order valence-corrected chi connectivity index (χ1v) is 13.0. The highest BCUT2D eigenvalue weighted by molar-refractivity contribution is 7.17. The third-order valence-corrected chi connectivity index (χ3v) is 7.93. The molecule has 2 amide bonds. The van der Waals surface area contributed by atoms with Crippen LogP contribution >= 0.6 is 11.3 Å². The number of rotatable bonds is 6. The van der Waals surface area contributed by atoms with Crippen LogP contribution in [0.4, 0.5) is 10.7 Å². The summed E-state index contributed by atoms with van der Waals surface area (Å²) >= 11 is 1.49. The fourth-order valence-corrected chi connectivity index (χ4v) is 6.01. The maximum atomic E-state index is 13.6. The number of fused-ring (bicyclic) bond motifs is 1. The molecule has 0 saturated heterocycles. The molecule has 1 aliphatic carbocycles. The molecular weight excluding hydrogens is 472 g/mol. The van der Waals surface area contributed by atoms with Gasteiger partial charge in [-0.15, -0.1) is 11.3 Å². The Kier molecular flexibility index (Phi) is 7.59. The van der Waals surface area contributed by atoms with Gasteiger partial charge in [0.05, 0.1) is 30.3 Å². The predicted octanol–water partition coefficient (Wildman–Crippen LogP) is 6.12. The highest BCUT2D eigenvalue weighted by Crippen LogP contribution is 2.44. The molecule has 0 aliphatic heterocycles. The Bertz CT molecular complexity index is 1270. The van der Waals surface area contributed by atoms with Crippen LogP contribution in [0.25, 0.3) is 0 Å². The van der Waals surface area contributed by atoms with Crippen LogP contribution in [0.5, 0.6) is 0 Å². The molecule has 4 rings (SSSR count). The van der Waals surface area contributed by atoms with Crippen LogP contribution in [0, 0.1) is 11.3 Å². The van der Waals surface area contributed by atoms with E-state index >= 15 is 0 Å². The number of anilines is 2. The van der Waals surface area contributed by atoms with Crippen molar-refractivity contribution in [1.29, 1.82) is 0 Å². The summed E-state index contributed by atoms with van der Waals surface area (Å²) in [4.78, 5) is 39.9. The van der Waals surface area contributed by atoms with E-state index in [0.29, 0.717) is 22.2 Å². The Morgan fingerprint density at radius 3 is 2.39 bits per heavy atom. The van der Waals surface area contributed by atoms with Crippen molar-refractivity contribution in [3.8, 4) is 0 Å². The second kappa shape index (κ2) is 10.7. The second-order valence-corrected chi connectivity index (χ2v) is 11.3. The summed E-state index contributed by atoms with van der Waals surface area (Å²) < 4.78 is 4.87. The standard InChI is InChI=1S/C29H32N2O4S/c1-29(2,3)19-14-15-21-23(17-19)36-27(31-24(32)16-18-10-6-5-7-11-18)25(21)26(33)30-22-13-9-8-12-20(22)28(34)35-4/h5-13,19H,14-17H2,1-4H3,(H,30,33)(H,31,32). The van der Waals surface area contributed by atoms with Gasteiger partial charge in [-0.2, -0.15) is 0 Å². The number of thiophene rings is 1. The lowest BCUT2D eigenvalue weighted by Crippen LogP contribution is -2.27. The minimum atomic E-state index is -0.525. The van der Waals surface area contributed by atoms with Crippen molar-refractivity contribution in [3.05, 3.63) is 81.7 Å². The van der Waals surface area contributed by atoms with Gasteiger partial charge < -0.3 is 15.4 Å². The van der Waals surface area contributed by atoms with Crippen LogP contribution in [-0.2, 0) is 28.8 Å². The first-order valence-electron chi connectivity index (χ1n) is 12.1. The van der Waals surface area contributed by atoms with E-state index in [1.165, 1.54) is 18.4 Å². The fraction of sp³-hybridized carbons (Fsp3) is 0.345. The molecule has 0 spiro atoms. The lowest BCUT2D eigenvalue weighted by Gasteiger charge is -2.33. The molecule has 1 atom stereocenters. The Morgan fingerprint density at radius 2 is 1.69 bits per heavy atom. The van der Waals surface area contributed by atoms with Crippen molar-refractivity contribution in [3.63, 3.8) is 0 Å². The van der Waals surface area contributed by atoms with Gasteiger partial charge in [0.1, 0.15) is 5.00 Å². The van der Waals surface area contributed by atoms with Gasteiger partial charge in [0.2, 0.25) is 5.91 Å². The Labute approximate surface area is 216 Å². The number of esters is 1. The lowest BCUT2D eigenvalue weighted by atomic mass is 9.72. The minimum Gasteiger partial charge on any atom is -0.465 e. The van der Waals surface area contributed by atoms with Crippen molar-refractivity contribution in [2.24, 2.45) is 11.3 Å². The van der Waals surface area contributed by atoms with E-state index in [0.717, 1.165) is 35.3 Å². The first kappa shape index (κ1) is 25.6. The minimum absolute atomic E-state index is 0.153. The maximum Gasteiger partial charge on any atom is 0.339 e. The monoisotopic (exact) mass is 504 g/mol. The Morgan fingerprint density at radius 1 is 1.00 bits per heavy atom. The molecule has 0 fully saturated rings. The lowest BCUT2D eigenvalue weighted by molar-refractivity contribution is -0.115. The summed E-state index contributed by atoms with van der Waals surface area (Å²) in [6.07, 6.45) is 2.84. The predicted molar refractivity (Wildman–Crippen MR) is 144 cm³/mol. The number of ether oxygens (including phenoxy) is 1. The first-order chi connectivity index (χ1) is 17.2. The van der Waals surface area contributed by atoms with Crippen molar-refractivity contribution < 1.29 is 19.1 Å². The zero-order valence-corrected chi connectivity index (χ0v) is 22.0. The van der Waals surface area contributed by atoms with E-state index in [9.17, 15) is 14.4 Å². The van der Waals surface area contributed by atoms with Gasteiger partial charge in [-0.25, -0.2) is 4.79 Å². The van der Waals surface area contributed by atoms with E-state index in [4.69, 9.17) is 4.74 Å². The molecule has 188 valence electrons. The molecule has 2 aromatic carbocycles. The average molecular weight is 505 g/mol. The zero-order chi connectivity index (χ0) is 25.9. The van der Waals surface area contributed by atoms with Crippen LogP contribution in [0.1, 0.15) is 63.9 Å². The van der Waals surface area contributed by atoms with Gasteiger partial charge in [-0.1, -0.05) is 63.2 Å². The molecule has 1 aliphatic rings. The molecule has 1 heterocycles. The molecule has 1 unspecified atom stereocenters. The molecule has 3 aromatic rings.